The average Bonchev–Trinajstić information content (AvgIpc) is 2.01. The van der Waals surface area contributed by atoms with E-state index in [0.29, 0.717) is 6.04 Å². The Morgan fingerprint density at radius 1 is 1.54 bits per heavy atom. The van der Waals surface area contributed by atoms with Crippen molar-refractivity contribution in [1.29, 1.82) is 0 Å². The molecule has 0 aromatic carbocycles. The highest BCUT2D eigenvalue weighted by Crippen LogP contribution is 1.95. The number of carboxylic acid groups (broad SMARTS) is 1. The lowest BCUT2D eigenvalue weighted by atomic mass is 10.3. The summed E-state index contributed by atoms with van der Waals surface area (Å²) in [5, 5.41) is 11.6. The Labute approximate surface area is 79.2 Å². The van der Waals surface area contributed by atoms with E-state index in [2.05, 4.69) is 5.32 Å². The fourth-order valence-corrected chi connectivity index (χ4v) is 0.848. The smallest absolute Gasteiger partial charge is 0.307 e. The van der Waals surface area contributed by atoms with Crippen molar-refractivity contribution in [1.82, 2.24) is 5.32 Å². The highest BCUT2D eigenvalue weighted by molar-refractivity contribution is 5.68. The summed E-state index contributed by atoms with van der Waals surface area (Å²) in [6.07, 6.45) is 5.40. The molecule has 0 saturated carbocycles. The maximum atomic E-state index is 10.2. The molecule has 0 heterocycles. The van der Waals surface area contributed by atoms with Crippen LogP contribution < -0.4 is 5.32 Å². The molecule has 0 aliphatic rings. The van der Waals surface area contributed by atoms with Crippen LogP contribution in [0.25, 0.3) is 0 Å². The Morgan fingerprint density at radius 2 is 2.15 bits per heavy atom. The summed E-state index contributed by atoms with van der Waals surface area (Å²) in [4.78, 5) is 10.2. The van der Waals surface area contributed by atoms with E-state index >= 15 is 0 Å². The molecular formula is C10H17NO2. The molecule has 0 aromatic heterocycles. The molecule has 2 N–H and O–H groups in total. The maximum absolute atomic E-state index is 10.2. The molecule has 3 nitrogen and oxygen atoms in total. The predicted molar refractivity (Wildman–Crippen MR) is 53.4 cm³/mol. The van der Waals surface area contributed by atoms with Gasteiger partial charge < -0.3 is 10.4 Å². The molecule has 0 amide bonds. The van der Waals surface area contributed by atoms with E-state index in [9.17, 15) is 4.79 Å². The molecule has 0 fully saturated rings. The molecule has 0 aliphatic carbocycles. The number of hydrogen-bond acceptors (Lipinski definition) is 2. The van der Waals surface area contributed by atoms with Crippen molar-refractivity contribution in [3.8, 4) is 0 Å². The van der Waals surface area contributed by atoms with Crippen LogP contribution in [-0.2, 0) is 4.79 Å². The van der Waals surface area contributed by atoms with Crippen molar-refractivity contribution in [2.45, 2.75) is 33.2 Å². The van der Waals surface area contributed by atoms with E-state index in [0.717, 1.165) is 5.70 Å². The van der Waals surface area contributed by atoms with Crippen LogP contribution in [0.4, 0.5) is 0 Å². The van der Waals surface area contributed by atoms with Gasteiger partial charge in [0.15, 0.2) is 0 Å². The highest BCUT2D eigenvalue weighted by Gasteiger charge is 1.94. The molecule has 13 heavy (non-hydrogen) atoms. The molecule has 0 atom stereocenters. The molecule has 0 spiro atoms. The standard InChI is InChI=1S/C10H17NO2/c1-4-9(11-8(2)3)6-5-7-10(12)13/h4-6,8,11H,7H2,1-3H3,(H,12,13)/b6-5-,9-4-. The summed E-state index contributed by atoms with van der Waals surface area (Å²) in [5.41, 5.74) is 0.955. The Kier molecular flexibility index (Phi) is 5.68. The third-order valence-electron chi connectivity index (χ3n) is 1.36. The summed E-state index contributed by atoms with van der Waals surface area (Å²) >= 11 is 0. The van der Waals surface area contributed by atoms with Crippen LogP contribution in [0.15, 0.2) is 23.9 Å². The van der Waals surface area contributed by atoms with Gasteiger partial charge in [0.25, 0.3) is 0 Å². The molecule has 3 heteroatoms. The zero-order chi connectivity index (χ0) is 10.3. The molecule has 0 saturated heterocycles. The van der Waals surface area contributed by atoms with Gasteiger partial charge in [0, 0.05) is 11.7 Å². The summed E-state index contributed by atoms with van der Waals surface area (Å²) < 4.78 is 0. The van der Waals surface area contributed by atoms with Crippen LogP contribution in [0.5, 0.6) is 0 Å². The van der Waals surface area contributed by atoms with E-state index in [1.807, 2.05) is 26.8 Å². The van der Waals surface area contributed by atoms with E-state index in [1.165, 1.54) is 0 Å². The lowest BCUT2D eigenvalue weighted by Crippen LogP contribution is -2.20. The minimum atomic E-state index is -0.809. The predicted octanol–water partition coefficient (Wildman–Crippen LogP) is 1.92. The van der Waals surface area contributed by atoms with Crippen LogP contribution in [0.3, 0.4) is 0 Å². The Balaban J connectivity index is 3.99. The normalized spacial score (nSPS) is 12.5. The highest BCUT2D eigenvalue weighted by atomic mass is 16.4. The van der Waals surface area contributed by atoms with Gasteiger partial charge in [-0.2, -0.15) is 0 Å². The molecular weight excluding hydrogens is 166 g/mol. The molecule has 0 bridgehead atoms. The van der Waals surface area contributed by atoms with Crippen molar-refractivity contribution in [3.05, 3.63) is 23.9 Å². The number of hydrogen-bond donors (Lipinski definition) is 2. The van der Waals surface area contributed by atoms with Gasteiger partial charge >= 0.3 is 5.97 Å². The topological polar surface area (TPSA) is 49.3 Å². The van der Waals surface area contributed by atoms with Crippen molar-refractivity contribution in [3.63, 3.8) is 0 Å². The molecule has 0 unspecified atom stereocenters. The number of carboxylic acids is 1. The Hall–Kier alpha value is -1.25. The van der Waals surface area contributed by atoms with Gasteiger partial charge in [0.05, 0.1) is 6.42 Å². The number of nitrogens with one attached hydrogen (secondary N) is 1. The van der Waals surface area contributed by atoms with E-state index < -0.39 is 5.97 Å². The van der Waals surface area contributed by atoms with Gasteiger partial charge in [-0.15, -0.1) is 0 Å². The fraction of sp³-hybridized carbons (Fsp3) is 0.500. The number of allylic oxidation sites excluding steroid dienone is 2. The van der Waals surface area contributed by atoms with Crippen molar-refractivity contribution in [2.24, 2.45) is 0 Å². The van der Waals surface area contributed by atoms with E-state index in [4.69, 9.17) is 5.11 Å². The molecule has 0 aromatic rings. The second-order valence-corrected chi connectivity index (χ2v) is 3.04. The number of rotatable bonds is 5. The minimum Gasteiger partial charge on any atom is -0.481 e. The molecule has 0 aliphatic heterocycles. The lowest BCUT2D eigenvalue weighted by molar-refractivity contribution is -0.135. The largest absolute Gasteiger partial charge is 0.481 e. The van der Waals surface area contributed by atoms with Crippen molar-refractivity contribution >= 4 is 5.97 Å². The fourth-order valence-electron chi connectivity index (χ4n) is 0.848. The zero-order valence-electron chi connectivity index (χ0n) is 8.37. The SMILES string of the molecule is C/C=C(/C=C\CC(=O)O)NC(C)C. The van der Waals surface area contributed by atoms with Crippen LogP contribution in [0, 0.1) is 0 Å². The van der Waals surface area contributed by atoms with Gasteiger partial charge in [-0.1, -0.05) is 12.2 Å². The molecule has 0 radical (unpaired) electrons. The lowest BCUT2D eigenvalue weighted by Gasteiger charge is -2.09. The minimum absolute atomic E-state index is 0.0666. The summed E-state index contributed by atoms with van der Waals surface area (Å²) in [5.74, 6) is -0.809. The number of aliphatic carboxylic acids is 1. The maximum Gasteiger partial charge on any atom is 0.307 e. The van der Waals surface area contributed by atoms with Gasteiger partial charge in [0.1, 0.15) is 0 Å². The second kappa shape index (κ2) is 6.29. The molecule has 74 valence electrons. The number of carbonyl (C=O) groups is 1. The van der Waals surface area contributed by atoms with Crippen LogP contribution in [-0.4, -0.2) is 17.1 Å². The van der Waals surface area contributed by atoms with Gasteiger partial charge in [-0.25, -0.2) is 0 Å². The first-order valence-corrected chi connectivity index (χ1v) is 4.37. The second-order valence-electron chi connectivity index (χ2n) is 3.04. The third kappa shape index (κ3) is 7.12. The van der Waals surface area contributed by atoms with E-state index in [1.54, 1.807) is 12.2 Å². The van der Waals surface area contributed by atoms with Gasteiger partial charge in [-0.05, 0) is 26.8 Å². The summed E-state index contributed by atoms with van der Waals surface area (Å²) in [6.45, 7) is 5.99. The van der Waals surface area contributed by atoms with Gasteiger partial charge in [0.2, 0.25) is 0 Å². The van der Waals surface area contributed by atoms with Crippen molar-refractivity contribution < 1.29 is 9.90 Å². The van der Waals surface area contributed by atoms with E-state index in [-0.39, 0.29) is 6.42 Å². The average molecular weight is 183 g/mol. The first-order chi connectivity index (χ1) is 6.06. The zero-order valence-corrected chi connectivity index (χ0v) is 8.37. The van der Waals surface area contributed by atoms with Crippen LogP contribution in [0.2, 0.25) is 0 Å². The van der Waals surface area contributed by atoms with Gasteiger partial charge in [-0.3, -0.25) is 4.79 Å². The van der Waals surface area contributed by atoms with Crippen LogP contribution >= 0.6 is 0 Å². The Bertz CT molecular complexity index is 217. The Morgan fingerprint density at radius 3 is 2.54 bits per heavy atom. The first-order valence-electron chi connectivity index (χ1n) is 4.37. The summed E-state index contributed by atoms with van der Waals surface area (Å²) in [7, 11) is 0. The van der Waals surface area contributed by atoms with Crippen LogP contribution in [0.1, 0.15) is 27.2 Å². The van der Waals surface area contributed by atoms with Crippen molar-refractivity contribution in [2.75, 3.05) is 0 Å². The third-order valence-corrected chi connectivity index (χ3v) is 1.36. The quantitative estimate of drug-likeness (QED) is 0.640. The first kappa shape index (κ1) is 11.8. The molecule has 0 rings (SSSR count). The monoisotopic (exact) mass is 183 g/mol. The summed E-state index contributed by atoms with van der Waals surface area (Å²) in [6, 6.07) is 0.362.